The third-order valence-electron chi connectivity index (χ3n) is 6.01. The average molecular weight is 582 g/mol. The van der Waals surface area contributed by atoms with Crippen molar-refractivity contribution in [2.24, 2.45) is 0 Å². The molecule has 0 spiro atoms. The quantitative estimate of drug-likeness (QED) is 0.155. The van der Waals surface area contributed by atoms with Crippen molar-refractivity contribution >= 4 is 72.0 Å². The number of halogens is 2. The SMILES string of the molecule is CCCCCCc1cc(-c2c(Cl)cc(CCCCCC)c3snnc23)sc1-c1ccc(Br)s1. The van der Waals surface area contributed by atoms with E-state index in [-0.39, 0.29) is 0 Å². The van der Waals surface area contributed by atoms with Crippen LogP contribution in [0.25, 0.3) is 30.4 Å². The average Bonchev–Trinajstić information content (AvgIpc) is 3.54. The summed E-state index contributed by atoms with van der Waals surface area (Å²) in [5.41, 5.74) is 4.75. The van der Waals surface area contributed by atoms with Gasteiger partial charge in [-0.15, -0.1) is 27.8 Å². The zero-order chi connectivity index (χ0) is 23.2. The van der Waals surface area contributed by atoms with Crippen molar-refractivity contribution in [3.05, 3.63) is 44.2 Å². The molecule has 0 unspecified atom stereocenters. The number of hydrogen-bond acceptors (Lipinski definition) is 5. The molecule has 4 aromatic rings. The summed E-state index contributed by atoms with van der Waals surface area (Å²) in [5.74, 6) is 0. The van der Waals surface area contributed by atoms with E-state index in [0.29, 0.717) is 0 Å². The van der Waals surface area contributed by atoms with Gasteiger partial charge in [-0.3, -0.25) is 0 Å². The zero-order valence-electron chi connectivity index (χ0n) is 19.3. The van der Waals surface area contributed by atoms with E-state index in [1.807, 2.05) is 11.3 Å². The lowest BCUT2D eigenvalue weighted by Gasteiger charge is -2.08. The van der Waals surface area contributed by atoms with E-state index in [9.17, 15) is 0 Å². The molecular weight excluding hydrogens is 552 g/mol. The summed E-state index contributed by atoms with van der Waals surface area (Å²) in [6.07, 6.45) is 12.2. The molecule has 0 radical (unpaired) electrons. The summed E-state index contributed by atoms with van der Waals surface area (Å²) in [4.78, 5) is 3.90. The second-order valence-electron chi connectivity index (χ2n) is 8.53. The first-order chi connectivity index (χ1) is 16.1. The Bertz CT molecular complexity index is 1190. The molecule has 2 nitrogen and oxygen atoms in total. The summed E-state index contributed by atoms with van der Waals surface area (Å²) < 4.78 is 6.69. The van der Waals surface area contributed by atoms with Crippen LogP contribution in [0, 0.1) is 0 Å². The molecule has 3 aromatic heterocycles. The van der Waals surface area contributed by atoms with E-state index in [2.05, 4.69) is 63.6 Å². The Labute approximate surface area is 222 Å². The monoisotopic (exact) mass is 580 g/mol. The maximum Gasteiger partial charge on any atom is 0.116 e. The van der Waals surface area contributed by atoms with Gasteiger partial charge in [0.1, 0.15) is 5.52 Å². The fourth-order valence-corrected chi connectivity index (χ4v) is 8.15. The van der Waals surface area contributed by atoms with E-state index in [1.165, 1.54) is 97.1 Å². The van der Waals surface area contributed by atoms with Crippen LogP contribution in [0.2, 0.25) is 5.02 Å². The largest absolute Gasteiger partial charge is 0.137 e. The Morgan fingerprint density at radius 3 is 2.24 bits per heavy atom. The molecule has 0 saturated heterocycles. The summed E-state index contributed by atoms with van der Waals surface area (Å²) in [6.45, 7) is 4.51. The van der Waals surface area contributed by atoms with Gasteiger partial charge in [-0.25, -0.2) is 0 Å². The topological polar surface area (TPSA) is 25.8 Å². The fourth-order valence-electron chi connectivity index (χ4n) is 4.26. The summed E-state index contributed by atoms with van der Waals surface area (Å²) in [6, 6.07) is 8.90. The Hall–Kier alpha value is -0.790. The van der Waals surface area contributed by atoms with Gasteiger partial charge in [0.2, 0.25) is 0 Å². The molecule has 7 heteroatoms. The van der Waals surface area contributed by atoms with Crippen molar-refractivity contribution in [2.75, 3.05) is 0 Å². The predicted octanol–water partition coefficient (Wildman–Crippen LogP) is 10.8. The molecule has 0 aliphatic rings. The van der Waals surface area contributed by atoms with E-state index < -0.39 is 0 Å². The summed E-state index contributed by atoms with van der Waals surface area (Å²) in [7, 11) is 0. The molecule has 0 fully saturated rings. The first-order valence-electron chi connectivity index (χ1n) is 11.9. The first kappa shape index (κ1) is 25.3. The highest BCUT2D eigenvalue weighted by molar-refractivity contribution is 9.11. The van der Waals surface area contributed by atoms with Gasteiger partial charge < -0.3 is 0 Å². The van der Waals surface area contributed by atoms with Gasteiger partial charge in [0.25, 0.3) is 0 Å². The lowest BCUT2D eigenvalue weighted by atomic mass is 10.0. The molecule has 176 valence electrons. The third-order valence-corrected chi connectivity index (χ3v) is 10.1. The zero-order valence-corrected chi connectivity index (χ0v) is 24.0. The van der Waals surface area contributed by atoms with E-state index in [0.717, 1.165) is 28.9 Å². The van der Waals surface area contributed by atoms with Crippen LogP contribution < -0.4 is 0 Å². The van der Waals surface area contributed by atoms with Crippen LogP contribution in [0.5, 0.6) is 0 Å². The number of benzene rings is 1. The number of aryl methyl sites for hydroxylation is 2. The first-order valence-corrected chi connectivity index (χ1v) is 15.5. The standard InChI is InChI=1S/C26H30BrClN2S3/c1-3-5-7-9-11-17-15-19(28)23(24-26(17)33-30-29-24)21-16-18(12-10-8-6-4-2)25(32-21)20-13-14-22(27)31-20/h13-16H,3-12H2,1-2H3. The highest BCUT2D eigenvalue weighted by Crippen LogP contribution is 2.46. The number of thiophene rings is 2. The number of unbranched alkanes of at least 4 members (excludes halogenated alkanes) is 6. The van der Waals surface area contributed by atoms with Crippen molar-refractivity contribution in [1.29, 1.82) is 0 Å². The predicted molar refractivity (Wildman–Crippen MR) is 152 cm³/mol. The second kappa shape index (κ2) is 12.3. The molecular formula is C26H30BrClN2S3. The van der Waals surface area contributed by atoms with Crippen molar-refractivity contribution in [3.8, 4) is 20.2 Å². The van der Waals surface area contributed by atoms with E-state index in [4.69, 9.17) is 11.6 Å². The van der Waals surface area contributed by atoms with Crippen LogP contribution in [0.1, 0.15) is 76.3 Å². The van der Waals surface area contributed by atoms with Gasteiger partial charge in [0.05, 0.1) is 13.5 Å². The minimum absolute atomic E-state index is 0.804. The van der Waals surface area contributed by atoms with Crippen LogP contribution >= 0.6 is 61.7 Å². The molecule has 4 rings (SSSR count). The van der Waals surface area contributed by atoms with Crippen molar-refractivity contribution < 1.29 is 0 Å². The lowest BCUT2D eigenvalue weighted by molar-refractivity contribution is 0.668. The molecule has 0 bridgehead atoms. The van der Waals surface area contributed by atoms with Gasteiger partial charge in [0.15, 0.2) is 0 Å². The molecule has 0 saturated carbocycles. The Kier molecular flexibility index (Phi) is 9.40. The Morgan fingerprint density at radius 2 is 1.58 bits per heavy atom. The van der Waals surface area contributed by atoms with Gasteiger partial charge >= 0.3 is 0 Å². The van der Waals surface area contributed by atoms with Crippen LogP contribution in [0.3, 0.4) is 0 Å². The Balaban J connectivity index is 1.71. The van der Waals surface area contributed by atoms with Gasteiger partial charge in [-0.1, -0.05) is 68.5 Å². The molecule has 0 N–H and O–H groups in total. The molecule has 0 aliphatic carbocycles. The highest BCUT2D eigenvalue weighted by Gasteiger charge is 2.21. The maximum absolute atomic E-state index is 6.94. The molecule has 0 atom stereocenters. The van der Waals surface area contributed by atoms with Crippen LogP contribution in [-0.4, -0.2) is 9.59 Å². The number of hydrogen-bond donors (Lipinski definition) is 0. The molecule has 3 heterocycles. The minimum atomic E-state index is 0.804. The fraction of sp³-hybridized carbons (Fsp3) is 0.462. The van der Waals surface area contributed by atoms with Crippen molar-refractivity contribution in [2.45, 2.75) is 78.1 Å². The molecule has 33 heavy (non-hydrogen) atoms. The van der Waals surface area contributed by atoms with Crippen molar-refractivity contribution in [3.63, 3.8) is 0 Å². The molecule has 0 aliphatic heterocycles. The minimum Gasteiger partial charge on any atom is -0.137 e. The number of fused-ring (bicyclic) bond motifs is 1. The van der Waals surface area contributed by atoms with Crippen LogP contribution in [0.4, 0.5) is 0 Å². The van der Waals surface area contributed by atoms with Gasteiger partial charge in [-0.05, 0) is 88.5 Å². The van der Waals surface area contributed by atoms with Crippen molar-refractivity contribution in [1.82, 2.24) is 9.59 Å². The highest BCUT2D eigenvalue weighted by atomic mass is 79.9. The summed E-state index contributed by atoms with van der Waals surface area (Å²) in [5, 5.41) is 5.35. The third kappa shape index (κ3) is 6.07. The number of nitrogens with zero attached hydrogens (tertiary/aromatic N) is 2. The molecule has 0 amide bonds. The molecule has 1 aromatic carbocycles. The van der Waals surface area contributed by atoms with Crippen LogP contribution in [0.15, 0.2) is 28.1 Å². The Morgan fingerprint density at radius 1 is 0.848 bits per heavy atom. The number of aromatic nitrogens is 2. The van der Waals surface area contributed by atoms with E-state index >= 15 is 0 Å². The van der Waals surface area contributed by atoms with Gasteiger partial charge in [0, 0.05) is 20.2 Å². The lowest BCUT2D eigenvalue weighted by Crippen LogP contribution is -1.90. The maximum atomic E-state index is 6.94. The smallest absolute Gasteiger partial charge is 0.116 e. The second-order valence-corrected chi connectivity index (χ2v) is 13.2. The van der Waals surface area contributed by atoms with Gasteiger partial charge in [-0.2, -0.15) is 0 Å². The summed E-state index contributed by atoms with van der Waals surface area (Å²) >= 11 is 15.7. The van der Waals surface area contributed by atoms with E-state index in [1.54, 1.807) is 11.3 Å². The van der Waals surface area contributed by atoms with Crippen LogP contribution in [-0.2, 0) is 12.8 Å². The number of rotatable bonds is 12. The normalized spacial score (nSPS) is 11.6.